The fourth-order valence-electron chi connectivity index (χ4n) is 3.63. The Labute approximate surface area is 171 Å². The summed E-state index contributed by atoms with van der Waals surface area (Å²) in [5.74, 6) is -0.188. The van der Waals surface area contributed by atoms with E-state index in [9.17, 15) is 9.18 Å². The maximum absolute atomic E-state index is 13.1. The van der Waals surface area contributed by atoms with Gasteiger partial charge in [0.1, 0.15) is 5.82 Å². The molecule has 1 heterocycles. The monoisotopic (exact) mass is 394 g/mol. The maximum atomic E-state index is 13.1. The molecule has 0 radical (unpaired) electrons. The van der Waals surface area contributed by atoms with Gasteiger partial charge in [-0.25, -0.2) is 4.39 Å². The second-order valence-electron chi connectivity index (χ2n) is 7.32. The predicted octanol–water partition coefficient (Wildman–Crippen LogP) is 3.28. The normalized spacial score (nSPS) is 15.4. The highest BCUT2D eigenvalue weighted by molar-refractivity contribution is 5.94. The van der Waals surface area contributed by atoms with Crippen molar-refractivity contribution in [3.05, 3.63) is 66.0 Å². The minimum Gasteiger partial charge on any atom is -0.310 e. The zero-order chi connectivity index (χ0) is 20.5. The summed E-state index contributed by atoms with van der Waals surface area (Å²) in [6.45, 7) is 5.06. The first kappa shape index (κ1) is 21.0. The van der Waals surface area contributed by atoms with Gasteiger partial charge in [-0.15, -0.1) is 0 Å². The summed E-state index contributed by atoms with van der Waals surface area (Å²) in [4.78, 5) is 19.2. The molecule has 3 rings (SSSR count). The molecule has 2 aromatic carbocycles. The molecule has 0 aliphatic carbocycles. The standard InChI is InChI=1S/C23H27FN4O/c24-21-10-8-20(9-11-21)18-26-13-5-14-27(17-16-26)19-23(29)28(15-4-12-25)22-6-2-1-3-7-22/h1-3,6-11H,4-5,13-19H2. The summed E-state index contributed by atoms with van der Waals surface area (Å²) in [7, 11) is 0. The number of rotatable bonds is 7. The Kier molecular flexibility index (Phi) is 7.74. The molecule has 1 saturated heterocycles. The van der Waals surface area contributed by atoms with E-state index in [1.54, 1.807) is 4.90 Å². The van der Waals surface area contributed by atoms with Gasteiger partial charge in [0.2, 0.25) is 5.91 Å². The van der Waals surface area contributed by atoms with E-state index in [-0.39, 0.29) is 11.7 Å². The summed E-state index contributed by atoms with van der Waals surface area (Å²) in [6, 6.07) is 18.3. The van der Waals surface area contributed by atoms with Crippen LogP contribution in [0.25, 0.3) is 0 Å². The van der Waals surface area contributed by atoms with Crippen LogP contribution in [0.4, 0.5) is 10.1 Å². The first-order chi connectivity index (χ1) is 14.2. The quantitative estimate of drug-likeness (QED) is 0.723. The largest absolute Gasteiger partial charge is 0.310 e. The third-order valence-electron chi connectivity index (χ3n) is 5.18. The fourth-order valence-corrected chi connectivity index (χ4v) is 3.63. The number of para-hydroxylation sites is 1. The van der Waals surface area contributed by atoms with E-state index in [2.05, 4.69) is 15.9 Å². The highest BCUT2D eigenvalue weighted by Gasteiger charge is 2.21. The van der Waals surface area contributed by atoms with Crippen molar-refractivity contribution >= 4 is 11.6 Å². The van der Waals surface area contributed by atoms with Crippen LogP contribution >= 0.6 is 0 Å². The molecule has 0 unspecified atom stereocenters. The molecule has 0 N–H and O–H groups in total. The molecule has 1 aliphatic heterocycles. The topological polar surface area (TPSA) is 50.6 Å². The summed E-state index contributed by atoms with van der Waals surface area (Å²) in [6.07, 6.45) is 1.30. The molecule has 2 aromatic rings. The molecule has 0 bridgehead atoms. The molecule has 5 nitrogen and oxygen atoms in total. The number of carbonyl (C=O) groups excluding carboxylic acids is 1. The van der Waals surface area contributed by atoms with Crippen molar-refractivity contribution in [3.63, 3.8) is 0 Å². The van der Waals surface area contributed by atoms with E-state index in [1.165, 1.54) is 12.1 Å². The van der Waals surface area contributed by atoms with Gasteiger partial charge in [-0.05, 0) is 49.3 Å². The van der Waals surface area contributed by atoms with Gasteiger partial charge >= 0.3 is 0 Å². The van der Waals surface area contributed by atoms with Gasteiger partial charge in [-0.3, -0.25) is 14.6 Å². The number of hydrogen-bond acceptors (Lipinski definition) is 4. The Hall–Kier alpha value is -2.75. The third-order valence-corrected chi connectivity index (χ3v) is 5.18. The molecular formula is C23H27FN4O. The van der Waals surface area contributed by atoms with Crippen molar-refractivity contribution in [1.82, 2.24) is 9.80 Å². The van der Waals surface area contributed by atoms with Crippen molar-refractivity contribution in [1.29, 1.82) is 5.26 Å². The van der Waals surface area contributed by atoms with E-state index < -0.39 is 0 Å². The molecule has 1 aliphatic rings. The lowest BCUT2D eigenvalue weighted by Gasteiger charge is -2.26. The Balaban J connectivity index is 1.56. The van der Waals surface area contributed by atoms with E-state index in [0.29, 0.717) is 19.5 Å². The van der Waals surface area contributed by atoms with Crippen LogP contribution in [0.5, 0.6) is 0 Å². The molecule has 0 aromatic heterocycles. The van der Waals surface area contributed by atoms with Crippen LogP contribution in [0.1, 0.15) is 18.4 Å². The fraction of sp³-hybridized carbons (Fsp3) is 0.391. The zero-order valence-electron chi connectivity index (χ0n) is 16.6. The summed E-state index contributed by atoms with van der Waals surface area (Å²) in [5.41, 5.74) is 1.93. The van der Waals surface area contributed by atoms with Gasteiger partial charge in [-0.2, -0.15) is 5.26 Å². The van der Waals surface area contributed by atoms with Crippen molar-refractivity contribution in [2.45, 2.75) is 19.4 Å². The number of nitriles is 1. The minimum atomic E-state index is -0.214. The average Bonchev–Trinajstić information content (AvgIpc) is 2.96. The molecule has 1 fully saturated rings. The molecule has 1 amide bonds. The average molecular weight is 394 g/mol. The number of carbonyl (C=O) groups is 1. The highest BCUT2D eigenvalue weighted by atomic mass is 19.1. The number of anilines is 1. The predicted molar refractivity (Wildman–Crippen MR) is 112 cm³/mol. The summed E-state index contributed by atoms with van der Waals surface area (Å²) < 4.78 is 13.1. The second kappa shape index (κ2) is 10.7. The third kappa shape index (κ3) is 6.38. The smallest absolute Gasteiger partial charge is 0.241 e. The molecule has 0 spiro atoms. The Morgan fingerprint density at radius 1 is 1.00 bits per heavy atom. The molecule has 6 heteroatoms. The Morgan fingerprint density at radius 3 is 2.41 bits per heavy atom. The minimum absolute atomic E-state index is 0.0263. The van der Waals surface area contributed by atoms with E-state index in [1.807, 2.05) is 42.5 Å². The lowest BCUT2D eigenvalue weighted by Crippen LogP contribution is -2.42. The number of halogens is 1. The lowest BCUT2D eigenvalue weighted by atomic mass is 10.2. The van der Waals surface area contributed by atoms with Crippen LogP contribution in [0.15, 0.2) is 54.6 Å². The van der Waals surface area contributed by atoms with Crippen LogP contribution in [-0.4, -0.2) is 55.0 Å². The molecule has 0 saturated carbocycles. The van der Waals surface area contributed by atoms with E-state index >= 15 is 0 Å². The van der Waals surface area contributed by atoms with Crippen LogP contribution in [0.2, 0.25) is 0 Å². The first-order valence-corrected chi connectivity index (χ1v) is 10.1. The molecule has 29 heavy (non-hydrogen) atoms. The van der Waals surface area contributed by atoms with Crippen LogP contribution < -0.4 is 4.90 Å². The van der Waals surface area contributed by atoms with Crippen LogP contribution in [0.3, 0.4) is 0 Å². The Bertz CT molecular complexity index is 819. The number of nitrogens with zero attached hydrogens (tertiary/aromatic N) is 4. The van der Waals surface area contributed by atoms with Crippen molar-refractivity contribution in [2.24, 2.45) is 0 Å². The Morgan fingerprint density at radius 2 is 1.69 bits per heavy atom. The second-order valence-corrected chi connectivity index (χ2v) is 7.32. The molecule has 152 valence electrons. The first-order valence-electron chi connectivity index (χ1n) is 10.1. The van der Waals surface area contributed by atoms with Crippen molar-refractivity contribution in [3.8, 4) is 6.07 Å². The number of hydrogen-bond donors (Lipinski definition) is 0. The van der Waals surface area contributed by atoms with E-state index in [0.717, 1.165) is 50.4 Å². The maximum Gasteiger partial charge on any atom is 0.241 e. The van der Waals surface area contributed by atoms with Crippen molar-refractivity contribution in [2.75, 3.05) is 44.2 Å². The van der Waals surface area contributed by atoms with Crippen LogP contribution in [-0.2, 0) is 11.3 Å². The van der Waals surface area contributed by atoms with E-state index in [4.69, 9.17) is 5.26 Å². The van der Waals surface area contributed by atoms with Gasteiger partial charge in [-0.1, -0.05) is 30.3 Å². The number of amides is 1. The zero-order valence-corrected chi connectivity index (χ0v) is 16.6. The van der Waals surface area contributed by atoms with Gasteiger partial charge in [0.25, 0.3) is 0 Å². The van der Waals surface area contributed by atoms with Gasteiger partial charge in [0.15, 0.2) is 0 Å². The number of benzene rings is 2. The van der Waals surface area contributed by atoms with Gasteiger partial charge in [0.05, 0.1) is 19.0 Å². The summed E-state index contributed by atoms with van der Waals surface area (Å²) >= 11 is 0. The SMILES string of the molecule is N#CCCN(C(=O)CN1CCCN(Cc2ccc(F)cc2)CC1)c1ccccc1. The van der Waals surface area contributed by atoms with Gasteiger partial charge in [0, 0.05) is 31.9 Å². The van der Waals surface area contributed by atoms with Crippen molar-refractivity contribution < 1.29 is 9.18 Å². The molecule has 0 atom stereocenters. The highest BCUT2D eigenvalue weighted by Crippen LogP contribution is 2.15. The molecular weight excluding hydrogens is 367 g/mol. The summed E-state index contributed by atoms with van der Waals surface area (Å²) in [5, 5.41) is 8.94. The van der Waals surface area contributed by atoms with Gasteiger partial charge < -0.3 is 4.90 Å². The lowest BCUT2D eigenvalue weighted by molar-refractivity contribution is -0.119. The van der Waals surface area contributed by atoms with Crippen LogP contribution in [0, 0.1) is 17.1 Å².